The Balaban J connectivity index is 2.40. The van der Waals surface area contributed by atoms with Crippen LogP contribution in [0, 0.1) is 5.92 Å². The molecule has 0 saturated carbocycles. The van der Waals surface area contributed by atoms with Crippen LogP contribution in [0.5, 0.6) is 5.75 Å². The minimum absolute atomic E-state index is 0.0642. The van der Waals surface area contributed by atoms with Crippen molar-refractivity contribution in [3.63, 3.8) is 0 Å². The summed E-state index contributed by atoms with van der Waals surface area (Å²) < 4.78 is 73.0. The van der Waals surface area contributed by atoms with E-state index >= 15 is 0 Å². The molecule has 1 saturated heterocycles. The Hall–Kier alpha value is -1.85. The number of carbonyl (C=O) groups is 1. The summed E-state index contributed by atoms with van der Waals surface area (Å²) in [5.41, 5.74) is 0.126. The molecule has 0 aliphatic carbocycles. The fraction of sp³-hybridized carbons (Fsp3) is 0.562. The minimum Gasteiger partial charge on any atom is -0.481 e. The highest BCUT2D eigenvalue weighted by molar-refractivity contribution is 7.89. The van der Waals surface area contributed by atoms with E-state index in [0.29, 0.717) is 6.61 Å². The number of alkyl halides is 3. The van der Waals surface area contributed by atoms with E-state index in [1.54, 1.807) is 6.92 Å². The highest BCUT2D eigenvalue weighted by Gasteiger charge is 2.34. The number of halogens is 3. The molecule has 1 unspecified atom stereocenters. The Labute approximate surface area is 154 Å². The molecule has 152 valence electrons. The molecule has 1 fully saturated rings. The predicted octanol–water partition coefficient (Wildman–Crippen LogP) is 2.26. The molecule has 0 amide bonds. The molecule has 27 heavy (non-hydrogen) atoms. The van der Waals surface area contributed by atoms with Crippen LogP contribution in [0.1, 0.15) is 18.9 Å². The van der Waals surface area contributed by atoms with E-state index in [-0.39, 0.29) is 31.1 Å². The van der Waals surface area contributed by atoms with Gasteiger partial charge in [-0.25, -0.2) is 8.42 Å². The molecule has 0 radical (unpaired) electrons. The van der Waals surface area contributed by atoms with E-state index in [0.717, 1.165) is 16.4 Å². The number of nitrogens with zero attached hydrogens (tertiary/aromatic N) is 1. The van der Waals surface area contributed by atoms with Crippen molar-refractivity contribution in [2.24, 2.45) is 5.92 Å². The molecule has 1 heterocycles. The van der Waals surface area contributed by atoms with Crippen LogP contribution in [0.3, 0.4) is 0 Å². The first-order valence-electron chi connectivity index (χ1n) is 8.13. The van der Waals surface area contributed by atoms with Crippen molar-refractivity contribution in [2.75, 3.05) is 20.2 Å². The minimum atomic E-state index is -5.01. The molecule has 7 nitrogen and oxygen atoms in total. The maximum atomic E-state index is 12.7. The molecule has 1 aromatic rings. The second-order valence-electron chi connectivity index (χ2n) is 6.25. The van der Waals surface area contributed by atoms with Gasteiger partial charge in [0.15, 0.2) is 0 Å². The largest absolute Gasteiger partial charge is 0.573 e. The standard InChI is InChI=1S/C16H20F3NO6S/c1-3-11(15(21)22)4-10-5-12(26-16(17,18)19)7-14(6-10)27(23,24)20(2)8-13-9-25-13/h5-7,11,13H,3-4,8-9H2,1-2H3,(H,21,22)/t11-,13?/m0/s1. The van der Waals surface area contributed by atoms with Gasteiger partial charge in [0, 0.05) is 19.7 Å². The number of hydrogen-bond acceptors (Lipinski definition) is 5. The highest BCUT2D eigenvalue weighted by atomic mass is 32.2. The molecule has 1 aromatic carbocycles. The van der Waals surface area contributed by atoms with Crippen LogP contribution in [0.25, 0.3) is 0 Å². The van der Waals surface area contributed by atoms with Crippen molar-refractivity contribution in [1.29, 1.82) is 0 Å². The Morgan fingerprint density at radius 3 is 2.52 bits per heavy atom. The predicted molar refractivity (Wildman–Crippen MR) is 87.8 cm³/mol. The average Bonchev–Trinajstić information content (AvgIpc) is 3.34. The summed E-state index contributed by atoms with van der Waals surface area (Å²) in [4.78, 5) is 10.8. The molecule has 2 rings (SSSR count). The number of sulfonamides is 1. The van der Waals surface area contributed by atoms with E-state index in [1.807, 2.05) is 0 Å². The van der Waals surface area contributed by atoms with Gasteiger partial charge in [0.25, 0.3) is 0 Å². The molecule has 1 N–H and O–H groups in total. The Bertz CT molecular complexity index is 792. The summed E-state index contributed by atoms with van der Waals surface area (Å²) >= 11 is 0. The summed E-state index contributed by atoms with van der Waals surface area (Å²) in [7, 11) is -2.81. The number of ether oxygens (including phenoxy) is 2. The summed E-state index contributed by atoms with van der Waals surface area (Å²) in [6.07, 6.45) is -5.14. The Kier molecular flexibility index (Phi) is 6.38. The number of aliphatic carboxylic acids is 1. The van der Waals surface area contributed by atoms with E-state index in [1.165, 1.54) is 13.1 Å². The van der Waals surface area contributed by atoms with Gasteiger partial charge in [-0.1, -0.05) is 6.92 Å². The van der Waals surface area contributed by atoms with Crippen molar-refractivity contribution in [1.82, 2.24) is 4.31 Å². The van der Waals surface area contributed by atoms with E-state index in [4.69, 9.17) is 9.84 Å². The van der Waals surface area contributed by atoms with Gasteiger partial charge in [-0.2, -0.15) is 4.31 Å². The maximum absolute atomic E-state index is 12.7. The van der Waals surface area contributed by atoms with Gasteiger partial charge in [0.2, 0.25) is 10.0 Å². The van der Waals surface area contributed by atoms with Crippen LogP contribution in [0.2, 0.25) is 0 Å². The zero-order valence-electron chi connectivity index (χ0n) is 14.7. The number of benzene rings is 1. The van der Waals surface area contributed by atoms with Gasteiger partial charge in [-0.05, 0) is 30.5 Å². The van der Waals surface area contributed by atoms with Crippen LogP contribution in [0.4, 0.5) is 13.2 Å². The zero-order chi connectivity index (χ0) is 20.4. The lowest BCUT2D eigenvalue weighted by molar-refractivity contribution is -0.274. The molecule has 0 aromatic heterocycles. The molecule has 0 bridgehead atoms. The first kappa shape index (κ1) is 21.5. The molecule has 1 aliphatic rings. The summed E-state index contributed by atoms with van der Waals surface area (Å²) in [6.45, 7) is 2.10. The number of epoxide rings is 1. The third-order valence-corrected chi connectivity index (χ3v) is 5.87. The monoisotopic (exact) mass is 411 g/mol. The van der Waals surface area contributed by atoms with Crippen molar-refractivity contribution in [3.8, 4) is 5.75 Å². The van der Waals surface area contributed by atoms with Gasteiger partial charge in [-0.15, -0.1) is 13.2 Å². The van der Waals surface area contributed by atoms with Crippen molar-refractivity contribution < 1.29 is 41.0 Å². The molecular weight excluding hydrogens is 391 g/mol. The molecule has 0 spiro atoms. The first-order chi connectivity index (χ1) is 12.4. The van der Waals surface area contributed by atoms with Gasteiger partial charge >= 0.3 is 12.3 Å². The van der Waals surface area contributed by atoms with Crippen LogP contribution < -0.4 is 4.74 Å². The fourth-order valence-electron chi connectivity index (χ4n) is 2.52. The second-order valence-corrected chi connectivity index (χ2v) is 8.29. The van der Waals surface area contributed by atoms with Gasteiger partial charge < -0.3 is 14.6 Å². The van der Waals surface area contributed by atoms with Crippen molar-refractivity contribution >= 4 is 16.0 Å². The number of carboxylic acid groups (broad SMARTS) is 1. The lowest BCUT2D eigenvalue weighted by atomic mass is 9.97. The molecule has 11 heteroatoms. The Morgan fingerprint density at radius 2 is 2.04 bits per heavy atom. The first-order valence-corrected chi connectivity index (χ1v) is 9.57. The third kappa shape index (κ3) is 6.08. The van der Waals surface area contributed by atoms with Crippen molar-refractivity contribution in [3.05, 3.63) is 23.8 Å². The molecule has 2 atom stereocenters. The number of hydrogen-bond donors (Lipinski definition) is 1. The van der Waals surface area contributed by atoms with Crippen molar-refractivity contribution in [2.45, 2.75) is 37.1 Å². The van der Waals surface area contributed by atoms with Gasteiger partial charge in [0.1, 0.15) is 5.75 Å². The van der Waals surface area contributed by atoms with E-state index in [9.17, 15) is 26.4 Å². The maximum Gasteiger partial charge on any atom is 0.573 e. The summed E-state index contributed by atoms with van der Waals surface area (Å²) in [6, 6.07) is 2.95. The number of carboxylic acids is 1. The summed E-state index contributed by atoms with van der Waals surface area (Å²) in [5, 5.41) is 9.16. The van der Waals surface area contributed by atoms with Crippen LogP contribution >= 0.6 is 0 Å². The van der Waals surface area contributed by atoms with E-state index in [2.05, 4.69) is 4.74 Å². The normalized spacial score (nSPS) is 18.4. The van der Waals surface area contributed by atoms with Gasteiger partial charge in [-0.3, -0.25) is 4.79 Å². The van der Waals surface area contributed by atoms with Crippen LogP contribution in [0.15, 0.2) is 23.1 Å². The smallest absolute Gasteiger partial charge is 0.481 e. The second kappa shape index (κ2) is 8.03. The zero-order valence-corrected chi connectivity index (χ0v) is 15.5. The van der Waals surface area contributed by atoms with Gasteiger partial charge in [0.05, 0.1) is 23.5 Å². The number of likely N-dealkylation sites (N-methyl/N-ethyl adjacent to an activating group) is 1. The summed E-state index contributed by atoms with van der Waals surface area (Å²) in [5.74, 6) is -2.69. The fourth-order valence-corrected chi connectivity index (χ4v) is 3.81. The topological polar surface area (TPSA) is 96.4 Å². The third-order valence-electron chi connectivity index (χ3n) is 4.07. The molecular formula is C16H20F3NO6S. The van der Waals surface area contributed by atoms with E-state index < -0.39 is 38.9 Å². The average molecular weight is 411 g/mol. The Morgan fingerprint density at radius 1 is 1.41 bits per heavy atom. The number of rotatable bonds is 9. The molecule has 1 aliphatic heterocycles. The highest BCUT2D eigenvalue weighted by Crippen LogP contribution is 2.30. The lowest BCUT2D eigenvalue weighted by Crippen LogP contribution is -2.30. The van der Waals surface area contributed by atoms with Crippen LogP contribution in [-0.4, -0.2) is 56.5 Å². The SMILES string of the molecule is CC[C@@H](Cc1cc(OC(F)(F)F)cc(S(=O)(=O)N(C)CC2CO2)c1)C(=O)O. The lowest BCUT2D eigenvalue weighted by Gasteiger charge is -2.19. The quantitative estimate of drug-likeness (QED) is 0.626. The van der Waals surface area contributed by atoms with Crippen LogP contribution in [-0.2, 0) is 26.0 Å².